The summed E-state index contributed by atoms with van der Waals surface area (Å²) in [5.41, 5.74) is 0.0407. The summed E-state index contributed by atoms with van der Waals surface area (Å²) in [7, 11) is 0. The van der Waals surface area contributed by atoms with Crippen molar-refractivity contribution in [3.63, 3.8) is 0 Å². The lowest BCUT2D eigenvalue weighted by atomic mass is 10.2. The first kappa shape index (κ1) is 12.5. The molecule has 1 aromatic carbocycles. The van der Waals surface area contributed by atoms with E-state index < -0.39 is 11.7 Å². The van der Waals surface area contributed by atoms with Crippen LogP contribution in [0.2, 0.25) is 0 Å². The Morgan fingerprint density at radius 3 is 2.93 bits per heavy atom. The van der Waals surface area contributed by atoms with Gasteiger partial charge >= 0.3 is 0 Å². The van der Waals surface area contributed by atoms with E-state index in [1.54, 1.807) is 12.1 Å². The molecule has 5 heteroatoms. The fraction of sp³-hybridized carbons (Fsp3) is 0.300. The third-order valence-electron chi connectivity index (χ3n) is 1.79. The van der Waals surface area contributed by atoms with Gasteiger partial charge in [0.05, 0.1) is 10.0 Å². The second-order valence-corrected chi connectivity index (χ2v) is 4.13. The number of benzene rings is 1. The molecule has 0 aliphatic heterocycles. The molecule has 0 fully saturated rings. The van der Waals surface area contributed by atoms with Gasteiger partial charge in [0.25, 0.3) is 5.91 Å². The molecule has 0 spiro atoms. The molecule has 0 heterocycles. The Labute approximate surface area is 101 Å². The minimum absolute atomic E-state index is 0.0407. The molecule has 2 nitrogen and oxygen atoms in total. The van der Waals surface area contributed by atoms with Crippen LogP contribution >= 0.6 is 27.5 Å². The molecule has 0 aliphatic rings. The van der Waals surface area contributed by atoms with Gasteiger partial charge in [-0.25, -0.2) is 4.39 Å². The number of alkyl halides is 1. The molecule has 0 saturated heterocycles. The van der Waals surface area contributed by atoms with Gasteiger partial charge in [0.15, 0.2) is 0 Å². The number of halogens is 3. The molecule has 0 unspecified atom stereocenters. The van der Waals surface area contributed by atoms with Crippen LogP contribution in [0.3, 0.4) is 0 Å². The predicted molar refractivity (Wildman–Crippen MR) is 61.8 cm³/mol. The number of carbonyl (C=O) groups excluding carboxylic acids is 1. The molecule has 0 atom stereocenters. The van der Waals surface area contributed by atoms with Crippen molar-refractivity contribution >= 4 is 33.4 Å². The van der Waals surface area contributed by atoms with Crippen LogP contribution < -0.4 is 5.32 Å². The van der Waals surface area contributed by atoms with Crippen LogP contribution in [0, 0.1) is 5.82 Å². The summed E-state index contributed by atoms with van der Waals surface area (Å²) in [5, 5.41) is 2.58. The summed E-state index contributed by atoms with van der Waals surface area (Å²) >= 11 is 8.47. The first-order valence-electron chi connectivity index (χ1n) is 4.45. The molecule has 0 radical (unpaired) electrons. The van der Waals surface area contributed by atoms with Crippen LogP contribution in [0.15, 0.2) is 22.7 Å². The zero-order valence-corrected chi connectivity index (χ0v) is 10.2. The minimum Gasteiger partial charge on any atom is -0.352 e. The van der Waals surface area contributed by atoms with Crippen molar-refractivity contribution in [1.82, 2.24) is 5.32 Å². The zero-order valence-electron chi connectivity index (χ0n) is 7.90. The third-order valence-corrected chi connectivity index (χ3v) is 2.67. The average molecular weight is 295 g/mol. The third kappa shape index (κ3) is 3.47. The van der Waals surface area contributed by atoms with Crippen molar-refractivity contribution in [3.8, 4) is 0 Å². The van der Waals surface area contributed by atoms with Gasteiger partial charge in [-0.3, -0.25) is 4.79 Å². The molecule has 1 rings (SSSR count). The van der Waals surface area contributed by atoms with Crippen molar-refractivity contribution in [2.75, 3.05) is 12.4 Å². The molecule has 0 aliphatic carbocycles. The van der Waals surface area contributed by atoms with Crippen LogP contribution in [-0.2, 0) is 0 Å². The second kappa shape index (κ2) is 6.08. The summed E-state index contributed by atoms with van der Waals surface area (Å²) < 4.78 is 13.7. The standard InChI is InChI=1S/C10H10BrClFNO/c11-8-4-1-3-7(9(8)13)10(15)14-6-2-5-12/h1,3-4H,2,5-6H2,(H,14,15). The van der Waals surface area contributed by atoms with Gasteiger partial charge < -0.3 is 5.32 Å². The Morgan fingerprint density at radius 1 is 1.53 bits per heavy atom. The molecule has 0 aromatic heterocycles. The van der Waals surface area contributed by atoms with E-state index in [0.717, 1.165) is 0 Å². The number of nitrogens with one attached hydrogen (secondary N) is 1. The Kier molecular flexibility index (Phi) is 5.05. The van der Waals surface area contributed by atoms with E-state index in [-0.39, 0.29) is 10.0 Å². The Bertz CT molecular complexity index is 359. The van der Waals surface area contributed by atoms with Gasteiger partial charge in [0.1, 0.15) is 5.82 Å². The first-order valence-corrected chi connectivity index (χ1v) is 5.77. The van der Waals surface area contributed by atoms with E-state index in [0.29, 0.717) is 18.8 Å². The lowest BCUT2D eigenvalue weighted by Gasteiger charge is -2.05. The van der Waals surface area contributed by atoms with Gasteiger partial charge in [0.2, 0.25) is 0 Å². The van der Waals surface area contributed by atoms with Crippen LogP contribution in [0.1, 0.15) is 16.8 Å². The number of hydrogen-bond donors (Lipinski definition) is 1. The highest BCUT2D eigenvalue weighted by Gasteiger charge is 2.12. The van der Waals surface area contributed by atoms with E-state index >= 15 is 0 Å². The topological polar surface area (TPSA) is 29.1 Å². The van der Waals surface area contributed by atoms with E-state index in [1.165, 1.54) is 6.07 Å². The van der Waals surface area contributed by atoms with Crippen LogP contribution in [-0.4, -0.2) is 18.3 Å². The maximum absolute atomic E-state index is 13.4. The van der Waals surface area contributed by atoms with Gasteiger partial charge in [0, 0.05) is 12.4 Å². The van der Waals surface area contributed by atoms with E-state index in [2.05, 4.69) is 21.2 Å². The number of carbonyl (C=O) groups is 1. The molecule has 1 N–H and O–H groups in total. The van der Waals surface area contributed by atoms with Crippen molar-refractivity contribution in [1.29, 1.82) is 0 Å². The Morgan fingerprint density at radius 2 is 2.27 bits per heavy atom. The summed E-state index contributed by atoms with van der Waals surface area (Å²) in [4.78, 5) is 11.5. The van der Waals surface area contributed by atoms with Gasteiger partial charge in [-0.15, -0.1) is 11.6 Å². The van der Waals surface area contributed by atoms with Crippen molar-refractivity contribution in [3.05, 3.63) is 34.1 Å². The smallest absolute Gasteiger partial charge is 0.254 e. The molecular weight excluding hydrogens is 284 g/mol. The van der Waals surface area contributed by atoms with Crippen LogP contribution in [0.5, 0.6) is 0 Å². The lowest BCUT2D eigenvalue weighted by molar-refractivity contribution is 0.0949. The van der Waals surface area contributed by atoms with Gasteiger partial charge in [-0.2, -0.15) is 0 Å². The summed E-state index contributed by atoms with van der Waals surface area (Å²) in [6, 6.07) is 4.60. The molecule has 1 amide bonds. The molecule has 82 valence electrons. The minimum atomic E-state index is -0.541. The quantitative estimate of drug-likeness (QED) is 0.671. The van der Waals surface area contributed by atoms with Gasteiger partial charge in [-0.1, -0.05) is 6.07 Å². The predicted octanol–water partition coefficient (Wildman–Crippen LogP) is 2.95. The fourth-order valence-corrected chi connectivity index (χ4v) is 1.54. The normalized spacial score (nSPS) is 10.1. The number of rotatable bonds is 4. The average Bonchev–Trinajstić information content (AvgIpc) is 2.22. The highest BCUT2D eigenvalue weighted by molar-refractivity contribution is 9.10. The van der Waals surface area contributed by atoms with Crippen molar-refractivity contribution < 1.29 is 9.18 Å². The highest BCUT2D eigenvalue weighted by atomic mass is 79.9. The largest absolute Gasteiger partial charge is 0.352 e. The zero-order chi connectivity index (χ0) is 11.3. The first-order chi connectivity index (χ1) is 7.16. The summed E-state index contributed by atoms with van der Waals surface area (Å²) in [6.07, 6.45) is 0.670. The molecule has 0 bridgehead atoms. The summed E-state index contributed by atoms with van der Waals surface area (Å²) in [6.45, 7) is 0.453. The van der Waals surface area contributed by atoms with E-state index in [4.69, 9.17) is 11.6 Å². The van der Waals surface area contributed by atoms with E-state index in [9.17, 15) is 9.18 Å². The highest BCUT2D eigenvalue weighted by Crippen LogP contribution is 2.18. The fourth-order valence-electron chi connectivity index (χ4n) is 1.04. The molecule has 0 saturated carbocycles. The lowest BCUT2D eigenvalue weighted by Crippen LogP contribution is -2.25. The molecule has 1 aromatic rings. The van der Waals surface area contributed by atoms with Crippen LogP contribution in [0.25, 0.3) is 0 Å². The summed E-state index contributed by atoms with van der Waals surface area (Å²) in [5.74, 6) is -0.485. The SMILES string of the molecule is O=C(NCCCCl)c1cccc(Br)c1F. The van der Waals surface area contributed by atoms with Crippen molar-refractivity contribution in [2.24, 2.45) is 0 Å². The number of hydrogen-bond acceptors (Lipinski definition) is 1. The van der Waals surface area contributed by atoms with Crippen LogP contribution in [0.4, 0.5) is 4.39 Å². The molecule has 15 heavy (non-hydrogen) atoms. The van der Waals surface area contributed by atoms with Gasteiger partial charge in [-0.05, 0) is 34.5 Å². The number of amides is 1. The van der Waals surface area contributed by atoms with E-state index in [1.807, 2.05) is 0 Å². The molecular formula is C10H10BrClFNO. The Hall–Kier alpha value is -0.610. The maximum atomic E-state index is 13.4. The Balaban J connectivity index is 2.69. The monoisotopic (exact) mass is 293 g/mol. The van der Waals surface area contributed by atoms with Crippen molar-refractivity contribution in [2.45, 2.75) is 6.42 Å². The maximum Gasteiger partial charge on any atom is 0.254 e. The second-order valence-electron chi connectivity index (χ2n) is 2.90.